The number of aromatic nitrogens is 3. The van der Waals surface area contributed by atoms with Crippen molar-refractivity contribution >= 4 is 53.3 Å². The minimum absolute atomic E-state index is 0.901. The normalized spacial score (nSPS) is 11.7. The van der Waals surface area contributed by atoms with E-state index in [4.69, 9.17) is 9.97 Å². The molecule has 0 atom stereocenters. The van der Waals surface area contributed by atoms with E-state index in [1.54, 1.807) is 11.3 Å². The number of pyridine rings is 2. The smallest absolute Gasteiger partial charge is 0.107 e. The summed E-state index contributed by atoms with van der Waals surface area (Å²) in [4.78, 5) is 9.82. The third kappa shape index (κ3) is 3.07. The molecular formula is C34H21N3S. The number of benzene rings is 4. The molecule has 0 bridgehead atoms. The van der Waals surface area contributed by atoms with Crippen molar-refractivity contribution in [1.82, 2.24) is 14.5 Å². The Bertz CT molecular complexity index is 2100. The summed E-state index contributed by atoms with van der Waals surface area (Å²) in [5.74, 6) is 0. The fourth-order valence-electron chi connectivity index (χ4n) is 5.71. The first-order valence-corrected chi connectivity index (χ1v) is 13.5. The van der Waals surface area contributed by atoms with Crippen molar-refractivity contribution in [3.8, 4) is 28.2 Å². The molecule has 0 fully saturated rings. The van der Waals surface area contributed by atoms with Crippen LogP contribution in [0.2, 0.25) is 0 Å². The van der Waals surface area contributed by atoms with E-state index >= 15 is 0 Å². The quantitative estimate of drug-likeness (QED) is 0.240. The highest BCUT2D eigenvalue weighted by Crippen LogP contribution is 2.42. The summed E-state index contributed by atoms with van der Waals surface area (Å²) in [7, 11) is 0. The Morgan fingerprint density at radius 2 is 1.11 bits per heavy atom. The predicted molar refractivity (Wildman–Crippen MR) is 160 cm³/mol. The summed E-state index contributed by atoms with van der Waals surface area (Å²) < 4.78 is 4.81. The molecule has 0 aliphatic carbocycles. The van der Waals surface area contributed by atoms with Crippen LogP contribution in [0.25, 0.3) is 70.2 Å². The summed E-state index contributed by atoms with van der Waals surface area (Å²) in [6, 6.07) is 40.8. The van der Waals surface area contributed by atoms with E-state index in [9.17, 15) is 0 Å². The van der Waals surface area contributed by atoms with Gasteiger partial charge in [-0.05, 0) is 36.4 Å². The molecular weight excluding hydrogens is 482 g/mol. The number of hydrogen-bond donors (Lipinski definition) is 0. The van der Waals surface area contributed by atoms with E-state index in [1.165, 1.54) is 42.0 Å². The van der Waals surface area contributed by atoms with Crippen LogP contribution in [0.4, 0.5) is 0 Å². The molecule has 4 heterocycles. The maximum Gasteiger partial charge on any atom is 0.107 e. The third-order valence-electron chi connectivity index (χ3n) is 7.34. The van der Waals surface area contributed by atoms with Gasteiger partial charge in [0.25, 0.3) is 0 Å². The molecule has 0 saturated heterocycles. The van der Waals surface area contributed by atoms with Crippen LogP contribution in [0.1, 0.15) is 0 Å². The lowest BCUT2D eigenvalue weighted by Gasteiger charge is -2.16. The number of para-hydroxylation sites is 3. The number of thiophene rings is 1. The van der Waals surface area contributed by atoms with E-state index in [-0.39, 0.29) is 0 Å². The van der Waals surface area contributed by atoms with Gasteiger partial charge in [-0.25, -0.2) is 0 Å². The molecule has 38 heavy (non-hydrogen) atoms. The monoisotopic (exact) mass is 503 g/mol. The van der Waals surface area contributed by atoms with Crippen molar-refractivity contribution in [3.05, 3.63) is 128 Å². The second-order valence-corrected chi connectivity index (χ2v) is 10.5. The van der Waals surface area contributed by atoms with Crippen LogP contribution in [0, 0.1) is 0 Å². The zero-order valence-electron chi connectivity index (χ0n) is 20.4. The maximum absolute atomic E-state index is 4.93. The van der Waals surface area contributed by atoms with Crippen molar-refractivity contribution in [3.63, 3.8) is 0 Å². The lowest BCUT2D eigenvalue weighted by molar-refractivity contribution is 1.18. The Balaban J connectivity index is 1.43. The number of rotatable bonds is 3. The molecule has 8 rings (SSSR count). The third-order valence-corrected chi connectivity index (χ3v) is 8.53. The molecule has 3 nitrogen and oxygen atoms in total. The fourth-order valence-corrected chi connectivity index (χ4v) is 6.90. The molecule has 0 amide bonds. The largest absolute Gasteiger partial charge is 0.309 e. The Kier molecular flexibility index (Phi) is 4.69. The average Bonchev–Trinajstić information content (AvgIpc) is 3.53. The van der Waals surface area contributed by atoms with Gasteiger partial charge in [0.1, 0.15) is 5.69 Å². The lowest BCUT2D eigenvalue weighted by Crippen LogP contribution is -1.99. The van der Waals surface area contributed by atoms with Crippen LogP contribution in [0.3, 0.4) is 0 Å². The Morgan fingerprint density at radius 1 is 0.474 bits per heavy atom. The van der Waals surface area contributed by atoms with Gasteiger partial charge in [0.2, 0.25) is 0 Å². The molecule has 0 spiro atoms. The summed E-state index contributed by atoms with van der Waals surface area (Å²) in [6.07, 6.45) is 3.78. The van der Waals surface area contributed by atoms with Gasteiger partial charge in [0, 0.05) is 49.8 Å². The molecule has 8 aromatic rings. The number of hydrogen-bond acceptors (Lipinski definition) is 3. The first-order valence-electron chi connectivity index (χ1n) is 12.7. The molecule has 0 aliphatic rings. The predicted octanol–water partition coefficient (Wildman–Crippen LogP) is 9.28. The van der Waals surface area contributed by atoms with Gasteiger partial charge in [-0.2, -0.15) is 0 Å². The maximum atomic E-state index is 4.93. The van der Waals surface area contributed by atoms with Crippen LogP contribution in [0.5, 0.6) is 0 Å². The highest BCUT2D eigenvalue weighted by atomic mass is 32.1. The van der Waals surface area contributed by atoms with Crippen molar-refractivity contribution in [2.45, 2.75) is 0 Å². The standard InChI is InChI=1S/C34H21N3S/c1-5-15-28-22(10-1)23-11-2-6-16-29(23)37(28)30-17-7-3-12-24(30)26-14-9-20-35-32(26)33-34-27(19-21-36-33)25-13-4-8-18-31(25)38-34/h1-21H. The van der Waals surface area contributed by atoms with E-state index in [0.29, 0.717) is 0 Å². The van der Waals surface area contributed by atoms with E-state index in [2.05, 4.69) is 114 Å². The van der Waals surface area contributed by atoms with Gasteiger partial charge in [-0.1, -0.05) is 78.9 Å². The van der Waals surface area contributed by atoms with Crippen molar-refractivity contribution < 1.29 is 0 Å². The van der Waals surface area contributed by atoms with Crippen LogP contribution in [-0.4, -0.2) is 14.5 Å². The molecule has 0 radical (unpaired) electrons. The Labute approximate surface area is 223 Å². The van der Waals surface area contributed by atoms with Gasteiger partial charge in [0.15, 0.2) is 0 Å². The SMILES string of the molecule is c1ccc(-n2c3ccccc3c3ccccc32)c(-c2cccnc2-c2nccc3c2sc2ccccc23)c1. The van der Waals surface area contributed by atoms with Gasteiger partial charge in [-0.15, -0.1) is 11.3 Å². The van der Waals surface area contributed by atoms with E-state index < -0.39 is 0 Å². The summed E-state index contributed by atoms with van der Waals surface area (Å²) in [5.41, 5.74) is 7.54. The highest BCUT2D eigenvalue weighted by molar-refractivity contribution is 7.26. The van der Waals surface area contributed by atoms with Crippen LogP contribution in [-0.2, 0) is 0 Å². The lowest BCUT2D eigenvalue weighted by atomic mass is 9.99. The van der Waals surface area contributed by atoms with Gasteiger partial charge in [0.05, 0.1) is 27.1 Å². The topological polar surface area (TPSA) is 30.7 Å². The molecule has 178 valence electrons. The fraction of sp³-hybridized carbons (Fsp3) is 0. The summed E-state index contributed by atoms with van der Waals surface area (Å²) >= 11 is 1.79. The van der Waals surface area contributed by atoms with Crippen LogP contribution in [0.15, 0.2) is 128 Å². The van der Waals surface area contributed by atoms with Crippen LogP contribution >= 0.6 is 11.3 Å². The molecule has 0 N–H and O–H groups in total. The second-order valence-electron chi connectivity index (χ2n) is 9.42. The molecule has 0 unspecified atom stereocenters. The summed E-state index contributed by atoms with van der Waals surface area (Å²) in [6.45, 7) is 0. The van der Waals surface area contributed by atoms with Gasteiger partial charge >= 0.3 is 0 Å². The molecule has 4 aromatic carbocycles. The highest BCUT2D eigenvalue weighted by Gasteiger charge is 2.20. The molecule has 0 saturated carbocycles. The van der Waals surface area contributed by atoms with Crippen molar-refractivity contribution in [2.75, 3.05) is 0 Å². The van der Waals surface area contributed by atoms with Gasteiger partial charge in [-0.3, -0.25) is 9.97 Å². The van der Waals surface area contributed by atoms with E-state index in [1.807, 2.05) is 18.5 Å². The molecule has 4 heteroatoms. The number of fused-ring (bicyclic) bond motifs is 6. The second kappa shape index (κ2) is 8.37. The minimum atomic E-state index is 0.901. The van der Waals surface area contributed by atoms with E-state index in [0.717, 1.165) is 28.2 Å². The average molecular weight is 504 g/mol. The van der Waals surface area contributed by atoms with Crippen molar-refractivity contribution in [2.24, 2.45) is 0 Å². The molecule has 4 aromatic heterocycles. The van der Waals surface area contributed by atoms with Crippen molar-refractivity contribution in [1.29, 1.82) is 0 Å². The number of nitrogens with zero attached hydrogens (tertiary/aromatic N) is 3. The van der Waals surface area contributed by atoms with Crippen LogP contribution < -0.4 is 0 Å². The zero-order chi connectivity index (χ0) is 25.1. The first kappa shape index (κ1) is 21.3. The Hall–Kier alpha value is -4.80. The Morgan fingerprint density at radius 3 is 1.92 bits per heavy atom. The minimum Gasteiger partial charge on any atom is -0.309 e. The summed E-state index contributed by atoms with van der Waals surface area (Å²) in [5, 5.41) is 4.99. The van der Waals surface area contributed by atoms with Gasteiger partial charge < -0.3 is 4.57 Å². The molecule has 0 aliphatic heterocycles. The first-order chi connectivity index (χ1) is 18.9. The zero-order valence-corrected chi connectivity index (χ0v) is 21.2.